The van der Waals surface area contributed by atoms with Crippen LogP contribution in [0.4, 0.5) is 0 Å². The van der Waals surface area contributed by atoms with Gasteiger partial charge >= 0.3 is 0 Å². The topological polar surface area (TPSA) is 83.2 Å². The maximum absolute atomic E-state index is 12.5. The van der Waals surface area contributed by atoms with Gasteiger partial charge in [0, 0.05) is 42.0 Å². The Morgan fingerprint density at radius 1 is 1.19 bits per heavy atom. The van der Waals surface area contributed by atoms with Gasteiger partial charge in [0.05, 0.1) is 7.11 Å². The second-order valence-corrected chi connectivity index (χ2v) is 8.32. The molecule has 4 rings (SSSR count). The van der Waals surface area contributed by atoms with Crippen LogP contribution in [0.3, 0.4) is 0 Å². The molecule has 1 atom stereocenters. The fourth-order valence-corrected chi connectivity index (χ4v) is 4.47. The Kier molecular flexibility index (Phi) is 6.26. The maximum atomic E-state index is 12.5. The van der Waals surface area contributed by atoms with Crippen LogP contribution in [0.2, 0.25) is 0 Å². The zero-order valence-corrected chi connectivity index (χ0v) is 17.9. The van der Waals surface area contributed by atoms with E-state index in [9.17, 15) is 9.59 Å². The van der Waals surface area contributed by atoms with Crippen molar-refractivity contribution >= 4 is 22.7 Å². The van der Waals surface area contributed by atoms with Crippen molar-refractivity contribution in [1.29, 1.82) is 0 Å². The molecule has 0 spiro atoms. The van der Waals surface area contributed by atoms with Gasteiger partial charge < -0.3 is 20.4 Å². The Labute approximate surface area is 182 Å². The van der Waals surface area contributed by atoms with Crippen LogP contribution in [0.15, 0.2) is 54.7 Å². The van der Waals surface area contributed by atoms with Crippen molar-refractivity contribution in [2.45, 2.75) is 44.1 Å². The van der Waals surface area contributed by atoms with Crippen LogP contribution in [0.25, 0.3) is 10.9 Å². The zero-order valence-electron chi connectivity index (χ0n) is 17.9. The molecule has 162 valence electrons. The van der Waals surface area contributed by atoms with Crippen molar-refractivity contribution in [1.82, 2.24) is 15.6 Å². The molecule has 0 saturated carbocycles. The molecule has 1 fully saturated rings. The van der Waals surface area contributed by atoms with Crippen molar-refractivity contribution in [2.24, 2.45) is 0 Å². The minimum absolute atomic E-state index is 0.0195. The first kappa shape index (κ1) is 21.0. The smallest absolute Gasteiger partial charge is 0.220 e. The van der Waals surface area contributed by atoms with E-state index in [0.29, 0.717) is 32.2 Å². The van der Waals surface area contributed by atoms with E-state index >= 15 is 0 Å². The molecule has 1 saturated heterocycles. The third-order valence-electron chi connectivity index (χ3n) is 6.13. The molecule has 31 heavy (non-hydrogen) atoms. The number of nitrogens with one attached hydrogen (secondary N) is 3. The number of ether oxygens (including phenoxy) is 1. The molecule has 1 aliphatic rings. The predicted molar refractivity (Wildman–Crippen MR) is 121 cm³/mol. The van der Waals surface area contributed by atoms with Crippen molar-refractivity contribution < 1.29 is 14.3 Å². The fraction of sp³-hybridized carbons (Fsp3) is 0.360. The largest absolute Gasteiger partial charge is 0.497 e. The Bertz CT molecular complexity index is 1070. The van der Waals surface area contributed by atoms with E-state index in [4.69, 9.17) is 4.74 Å². The second-order valence-electron chi connectivity index (χ2n) is 8.32. The first-order valence-electron chi connectivity index (χ1n) is 10.8. The lowest BCUT2D eigenvalue weighted by molar-refractivity contribution is -0.122. The Hall–Kier alpha value is -3.28. The summed E-state index contributed by atoms with van der Waals surface area (Å²) in [5.41, 5.74) is 3.03. The Balaban J connectivity index is 1.31. The minimum atomic E-state index is -0.377. The summed E-state index contributed by atoms with van der Waals surface area (Å²) in [7, 11) is 1.65. The summed E-state index contributed by atoms with van der Waals surface area (Å²) in [5, 5.41) is 7.37. The number of aromatic nitrogens is 1. The van der Waals surface area contributed by atoms with Crippen LogP contribution < -0.4 is 15.4 Å². The van der Waals surface area contributed by atoms with Gasteiger partial charge in [-0.15, -0.1) is 0 Å². The number of rotatable bonds is 9. The molecule has 6 heteroatoms. The number of carbonyl (C=O) groups is 2. The SMILES string of the molecule is COc1cccc(C[C@]2(CCC(=O)NCCc3c[nH]c4ccccc34)CCC(=O)N2)c1. The van der Waals surface area contributed by atoms with E-state index in [1.165, 1.54) is 10.9 Å². The number of amides is 2. The lowest BCUT2D eigenvalue weighted by Gasteiger charge is -2.29. The van der Waals surface area contributed by atoms with Crippen molar-refractivity contribution in [3.8, 4) is 5.75 Å². The number of carbonyl (C=O) groups excluding carboxylic acids is 2. The van der Waals surface area contributed by atoms with E-state index in [-0.39, 0.29) is 17.4 Å². The Morgan fingerprint density at radius 3 is 2.87 bits per heavy atom. The average Bonchev–Trinajstić information content (AvgIpc) is 3.36. The van der Waals surface area contributed by atoms with E-state index < -0.39 is 0 Å². The summed E-state index contributed by atoms with van der Waals surface area (Å²) in [6, 6.07) is 16.1. The van der Waals surface area contributed by atoms with Gasteiger partial charge in [0.1, 0.15) is 5.75 Å². The number of para-hydroxylation sites is 1. The highest BCUT2D eigenvalue weighted by Gasteiger charge is 2.37. The van der Waals surface area contributed by atoms with Gasteiger partial charge in [-0.1, -0.05) is 30.3 Å². The monoisotopic (exact) mass is 419 g/mol. The number of methoxy groups -OCH3 is 1. The first-order valence-corrected chi connectivity index (χ1v) is 10.8. The summed E-state index contributed by atoms with van der Waals surface area (Å²) in [4.78, 5) is 27.8. The molecular weight excluding hydrogens is 390 g/mol. The van der Waals surface area contributed by atoms with Gasteiger partial charge in [-0.05, 0) is 55.0 Å². The summed E-state index contributed by atoms with van der Waals surface area (Å²) in [6.07, 6.45) is 5.73. The number of hydrogen-bond donors (Lipinski definition) is 3. The molecule has 3 N–H and O–H groups in total. The number of benzene rings is 2. The van der Waals surface area contributed by atoms with Crippen LogP contribution in [0.1, 0.15) is 36.8 Å². The summed E-state index contributed by atoms with van der Waals surface area (Å²) >= 11 is 0. The minimum Gasteiger partial charge on any atom is -0.497 e. The van der Waals surface area contributed by atoms with E-state index in [0.717, 1.165) is 29.7 Å². The van der Waals surface area contributed by atoms with Crippen LogP contribution in [0, 0.1) is 0 Å². The van der Waals surface area contributed by atoms with Crippen molar-refractivity contribution in [3.05, 3.63) is 65.9 Å². The zero-order chi connectivity index (χ0) is 21.7. The molecule has 2 amide bonds. The first-order chi connectivity index (χ1) is 15.1. The molecule has 2 heterocycles. The van der Waals surface area contributed by atoms with Gasteiger partial charge in [-0.25, -0.2) is 0 Å². The lowest BCUT2D eigenvalue weighted by atomic mass is 9.85. The molecule has 1 aliphatic heterocycles. The molecule has 0 unspecified atom stereocenters. The third-order valence-corrected chi connectivity index (χ3v) is 6.13. The molecule has 0 bridgehead atoms. The number of fused-ring (bicyclic) bond motifs is 1. The highest BCUT2D eigenvalue weighted by Crippen LogP contribution is 2.30. The quantitative estimate of drug-likeness (QED) is 0.496. The van der Waals surface area contributed by atoms with Crippen molar-refractivity contribution in [3.63, 3.8) is 0 Å². The summed E-state index contributed by atoms with van der Waals surface area (Å²) in [5.74, 6) is 0.876. The Morgan fingerprint density at radius 2 is 2.06 bits per heavy atom. The van der Waals surface area contributed by atoms with E-state index in [1.807, 2.05) is 42.6 Å². The van der Waals surface area contributed by atoms with Gasteiger partial charge in [-0.3, -0.25) is 9.59 Å². The van der Waals surface area contributed by atoms with Gasteiger partial charge in [-0.2, -0.15) is 0 Å². The maximum Gasteiger partial charge on any atom is 0.220 e. The highest BCUT2D eigenvalue weighted by atomic mass is 16.5. The number of aromatic amines is 1. The molecular formula is C25H29N3O3. The second kappa shape index (κ2) is 9.25. The molecule has 3 aromatic rings. The molecule has 0 aliphatic carbocycles. The van der Waals surface area contributed by atoms with Gasteiger partial charge in [0.2, 0.25) is 11.8 Å². The summed E-state index contributed by atoms with van der Waals surface area (Å²) in [6.45, 7) is 0.593. The number of hydrogen-bond acceptors (Lipinski definition) is 3. The van der Waals surface area contributed by atoms with Gasteiger partial charge in [0.15, 0.2) is 0 Å². The standard InChI is InChI=1S/C25H29N3O3/c1-31-20-6-4-5-18(15-20)16-25(13-10-24(30)28-25)12-9-23(29)26-14-11-19-17-27-22-8-3-2-7-21(19)22/h2-8,15,17,27H,9-14,16H2,1H3,(H,26,29)(H,28,30)/t25-/m0/s1. The molecule has 0 radical (unpaired) electrons. The summed E-state index contributed by atoms with van der Waals surface area (Å²) < 4.78 is 5.32. The van der Waals surface area contributed by atoms with Crippen LogP contribution >= 0.6 is 0 Å². The predicted octanol–water partition coefficient (Wildman–Crippen LogP) is 3.51. The fourth-order valence-electron chi connectivity index (χ4n) is 4.47. The van der Waals surface area contributed by atoms with E-state index in [1.54, 1.807) is 7.11 Å². The molecule has 6 nitrogen and oxygen atoms in total. The normalized spacial score (nSPS) is 18.2. The van der Waals surface area contributed by atoms with Crippen LogP contribution in [0.5, 0.6) is 5.75 Å². The van der Waals surface area contributed by atoms with E-state index in [2.05, 4.69) is 27.8 Å². The highest BCUT2D eigenvalue weighted by molar-refractivity contribution is 5.83. The molecule has 2 aromatic carbocycles. The average molecular weight is 420 g/mol. The van der Waals surface area contributed by atoms with Crippen LogP contribution in [-0.2, 0) is 22.4 Å². The van der Waals surface area contributed by atoms with Crippen LogP contribution in [-0.4, -0.2) is 36.0 Å². The molecule has 1 aromatic heterocycles. The number of H-pyrrole nitrogens is 1. The lowest BCUT2D eigenvalue weighted by Crippen LogP contribution is -2.44. The third kappa shape index (κ3) is 5.08. The van der Waals surface area contributed by atoms with Gasteiger partial charge in [0.25, 0.3) is 0 Å². The van der Waals surface area contributed by atoms with Crippen molar-refractivity contribution in [2.75, 3.05) is 13.7 Å².